The van der Waals surface area contributed by atoms with Crippen molar-refractivity contribution in [3.05, 3.63) is 125 Å². The van der Waals surface area contributed by atoms with Crippen LogP contribution in [0.4, 0.5) is 0 Å². The summed E-state index contributed by atoms with van der Waals surface area (Å²) in [6.45, 7) is 5.46. The van der Waals surface area contributed by atoms with Crippen LogP contribution in [0.5, 0.6) is 5.75 Å². The fraction of sp³-hybridized carbons (Fsp3) is 0.219. The molecule has 39 heavy (non-hydrogen) atoms. The second-order valence-electron chi connectivity index (χ2n) is 9.86. The van der Waals surface area contributed by atoms with Crippen molar-refractivity contribution in [2.45, 2.75) is 39.5 Å². The maximum absolute atomic E-state index is 13.3. The predicted octanol–water partition coefficient (Wildman–Crippen LogP) is 5.59. The summed E-state index contributed by atoms with van der Waals surface area (Å²) in [6, 6.07) is 22.1. The molecule has 7 heteroatoms. The number of likely N-dealkylation sites (tertiary alicyclic amines) is 1. The molecule has 0 saturated carbocycles. The van der Waals surface area contributed by atoms with Gasteiger partial charge in [0.05, 0.1) is 17.9 Å². The van der Waals surface area contributed by atoms with Gasteiger partial charge < -0.3 is 19.3 Å². The molecule has 1 amide bonds. The predicted molar refractivity (Wildman–Crippen MR) is 149 cm³/mol. The number of amides is 1. The number of aliphatic hydroxyl groups is 1. The van der Waals surface area contributed by atoms with Gasteiger partial charge in [0.15, 0.2) is 0 Å². The minimum atomic E-state index is -0.680. The highest BCUT2D eigenvalue weighted by atomic mass is 16.5. The Hall–Kier alpha value is -4.65. The molecule has 4 aromatic rings. The van der Waals surface area contributed by atoms with Gasteiger partial charge in [-0.25, -0.2) is 4.98 Å². The Morgan fingerprint density at radius 3 is 2.41 bits per heavy atom. The van der Waals surface area contributed by atoms with Crippen LogP contribution >= 0.6 is 0 Å². The van der Waals surface area contributed by atoms with Gasteiger partial charge in [-0.1, -0.05) is 59.7 Å². The summed E-state index contributed by atoms with van der Waals surface area (Å²) in [6.07, 6.45) is 5.93. The molecule has 1 aliphatic rings. The van der Waals surface area contributed by atoms with Gasteiger partial charge in [-0.15, -0.1) is 0 Å². The summed E-state index contributed by atoms with van der Waals surface area (Å²) in [7, 11) is 0. The van der Waals surface area contributed by atoms with Gasteiger partial charge in [-0.05, 0) is 55.7 Å². The summed E-state index contributed by atoms with van der Waals surface area (Å²) in [5, 5.41) is 11.3. The Morgan fingerprint density at radius 1 is 0.949 bits per heavy atom. The molecule has 0 aliphatic carbocycles. The lowest BCUT2D eigenvalue weighted by Gasteiger charge is -2.25. The largest absolute Gasteiger partial charge is 0.507 e. The fourth-order valence-electron chi connectivity index (χ4n) is 4.88. The number of ketones is 1. The Bertz CT molecular complexity index is 1490. The molecule has 1 aromatic heterocycles. The van der Waals surface area contributed by atoms with Crippen molar-refractivity contribution in [2.75, 3.05) is 6.54 Å². The third-order valence-corrected chi connectivity index (χ3v) is 6.92. The first-order valence-electron chi connectivity index (χ1n) is 13.0. The first-order valence-corrected chi connectivity index (χ1v) is 13.0. The number of hydrogen-bond acceptors (Lipinski definition) is 5. The van der Waals surface area contributed by atoms with Crippen molar-refractivity contribution in [3.63, 3.8) is 0 Å². The Morgan fingerprint density at radius 2 is 1.72 bits per heavy atom. The summed E-state index contributed by atoms with van der Waals surface area (Å²) >= 11 is 0. The van der Waals surface area contributed by atoms with Crippen LogP contribution in [-0.4, -0.2) is 37.8 Å². The van der Waals surface area contributed by atoms with Crippen LogP contribution in [0, 0.1) is 13.8 Å². The van der Waals surface area contributed by atoms with Crippen molar-refractivity contribution in [2.24, 2.45) is 0 Å². The third-order valence-electron chi connectivity index (χ3n) is 6.92. The number of carbonyl (C=O) groups excluding carboxylic acids is 2. The molecular weight excluding hydrogens is 490 g/mol. The van der Waals surface area contributed by atoms with Crippen LogP contribution in [0.1, 0.15) is 40.3 Å². The molecule has 7 nitrogen and oxygen atoms in total. The van der Waals surface area contributed by atoms with Crippen molar-refractivity contribution >= 4 is 17.4 Å². The summed E-state index contributed by atoms with van der Waals surface area (Å²) in [4.78, 5) is 32.1. The van der Waals surface area contributed by atoms with Crippen molar-refractivity contribution < 1.29 is 19.4 Å². The monoisotopic (exact) mass is 521 g/mol. The number of rotatable bonds is 9. The molecule has 5 rings (SSSR count). The molecule has 1 fully saturated rings. The zero-order valence-corrected chi connectivity index (χ0v) is 22.1. The molecule has 0 radical (unpaired) electrons. The van der Waals surface area contributed by atoms with Gasteiger partial charge in [-0.3, -0.25) is 9.59 Å². The molecule has 0 spiro atoms. The zero-order valence-electron chi connectivity index (χ0n) is 22.1. The van der Waals surface area contributed by atoms with E-state index >= 15 is 0 Å². The van der Waals surface area contributed by atoms with Gasteiger partial charge in [0.1, 0.15) is 18.1 Å². The number of aryl methyl sites for hydroxylation is 3. The average molecular weight is 522 g/mol. The van der Waals surface area contributed by atoms with E-state index < -0.39 is 17.7 Å². The molecule has 2 heterocycles. The first kappa shape index (κ1) is 26.0. The number of imidazole rings is 1. The van der Waals surface area contributed by atoms with Gasteiger partial charge in [0.25, 0.3) is 11.7 Å². The summed E-state index contributed by atoms with van der Waals surface area (Å²) < 4.78 is 7.84. The molecule has 3 aromatic carbocycles. The number of aliphatic hydroxyl groups excluding tert-OH is 1. The van der Waals surface area contributed by atoms with E-state index in [4.69, 9.17) is 4.74 Å². The van der Waals surface area contributed by atoms with E-state index in [1.165, 1.54) is 0 Å². The maximum Gasteiger partial charge on any atom is 0.295 e. The average Bonchev–Trinajstić information content (AvgIpc) is 3.55. The highest BCUT2D eigenvalue weighted by molar-refractivity contribution is 6.46. The van der Waals surface area contributed by atoms with Crippen LogP contribution in [0.2, 0.25) is 0 Å². The maximum atomic E-state index is 13.3. The van der Waals surface area contributed by atoms with Crippen molar-refractivity contribution in [1.29, 1.82) is 0 Å². The van der Waals surface area contributed by atoms with Crippen molar-refractivity contribution in [1.82, 2.24) is 14.5 Å². The molecule has 1 aliphatic heterocycles. The third kappa shape index (κ3) is 5.77. The fourth-order valence-corrected chi connectivity index (χ4v) is 4.88. The smallest absolute Gasteiger partial charge is 0.295 e. The molecule has 1 saturated heterocycles. The molecule has 0 bridgehead atoms. The second kappa shape index (κ2) is 11.4. The quantitative estimate of drug-likeness (QED) is 0.176. The standard InChI is InChI=1S/C32H31N3O4/c1-22-7-9-25(10-8-22)29-28(31(37)32(38)35(29)17-4-16-34-18-15-33-21-34)30(36)26-11-13-27(14-12-26)39-20-24-6-3-5-23(2)19-24/h3,5-15,18-19,21,29,36H,4,16-17,20H2,1-2H3/b30-28-. The highest BCUT2D eigenvalue weighted by Crippen LogP contribution is 2.39. The minimum Gasteiger partial charge on any atom is -0.507 e. The SMILES string of the molecule is Cc1ccc(C2/C(=C(/O)c3ccc(OCc4cccc(C)c4)cc3)C(=O)C(=O)N2CCCn2ccnc2)cc1. The number of nitrogens with zero attached hydrogens (tertiary/aromatic N) is 3. The number of benzene rings is 3. The molecular formula is C32H31N3O4. The number of aromatic nitrogens is 2. The van der Waals surface area contributed by atoms with Crippen LogP contribution in [0.3, 0.4) is 0 Å². The van der Waals surface area contributed by atoms with Gasteiger partial charge in [0, 0.05) is 31.0 Å². The van der Waals surface area contributed by atoms with E-state index in [9.17, 15) is 14.7 Å². The van der Waals surface area contributed by atoms with E-state index in [-0.39, 0.29) is 11.3 Å². The summed E-state index contributed by atoms with van der Waals surface area (Å²) in [5.41, 5.74) is 4.62. The molecule has 1 atom stereocenters. The molecule has 1 N–H and O–H groups in total. The van der Waals surface area contributed by atoms with E-state index in [1.807, 2.05) is 67.1 Å². The number of hydrogen-bond donors (Lipinski definition) is 1. The lowest BCUT2D eigenvalue weighted by Crippen LogP contribution is -2.31. The minimum absolute atomic E-state index is 0.0971. The topological polar surface area (TPSA) is 84.7 Å². The van der Waals surface area contributed by atoms with Gasteiger partial charge >= 0.3 is 0 Å². The Labute approximate surface area is 228 Å². The summed E-state index contributed by atoms with van der Waals surface area (Å²) in [5.74, 6) is -0.837. The highest BCUT2D eigenvalue weighted by Gasteiger charge is 2.45. The molecule has 1 unspecified atom stereocenters. The van der Waals surface area contributed by atoms with Crippen LogP contribution in [0.15, 0.2) is 97.1 Å². The number of carbonyl (C=O) groups is 2. The number of ether oxygens (including phenoxy) is 1. The van der Waals surface area contributed by atoms with Crippen molar-refractivity contribution in [3.8, 4) is 5.75 Å². The van der Waals surface area contributed by atoms with Gasteiger partial charge in [0.2, 0.25) is 0 Å². The van der Waals surface area contributed by atoms with E-state index in [1.54, 1.807) is 41.7 Å². The lowest BCUT2D eigenvalue weighted by atomic mass is 9.94. The first-order chi connectivity index (χ1) is 18.9. The lowest BCUT2D eigenvalue weighted by molar-refractivity contribution is -0.139. The van der Waals surface area contributed by atoms with E-state index in [0.717, 1.165) is 22.3 Å². The zero-order chi connectivity index (χ0) is 27.4. The van der Waals surface area contributed by atoms with E-state index in [0.29, 0.717) is 37.4 Å². The normalized spacial score (nSPS) is 16.6. The van der Waals surface area contributed by atoms with Crippen LogP contribution in [0.25, 0.3) is 5.76 Å². The Kier molecular flexibility index (Phi) is 7.59. The molecule has 198 valence electrons. The van der Waals surface area contributed by atoms with E-state index in [2.05, 4.69) is 11.1 Å². The Balaban J connectivity index is 1.41. The van der Waals surface area contributed by atoms with Gasteiger partial charge in [-0.2, -0.15) is 0 Å². The number of Topliss-reactive ketones (excluding diaryl/α,β-unsaturated/α-hetero) is 1. The van der Waals surface area contributed by atoms with Crippen LogP contribution in [-0.2, 0) is 22.7 Å². The second-order valence-corrected chi connectivity index (χ2v) is 9.86. The van der Waals surface area contributed by atoms with Crippen LogP contribution < -0.4 is 4.74 Å².